The maximum absolute atomic E-state index is 10.9. The summed E-state index contributed by atoms with van der Waals surface area (Å²) in [5, 5.41) is 8.12. The molecule has 15 heavy (non-hydrogen) atoms. The fraction of sp³-hybridized carbons (Fsp3) is 0.364. The second-order valence-electron chi connectivity index (χ2n) is 3.65. The highest BCUT2D eigenvalue weighted by molar-refractivity contribution is 5.84. The van der Waals surface area contributed by atoms with Crippen LogP contribution in [0.25, 0.3) is 5.65 Å². The first-order valence-electron chi connectivity index (χ1n) is 5.05. The van der Waals surface area contributed by atoms with Gasteiger partial charge in [0.15, 0.2) is 11.9 Å². The first-order valence-corrected chi connectivity index (χ1v) is 5.05. The maximum Gasteiger partial charge on any atom is 0.171 e. The number of aromatic nitrogens is 3. The van der Waals surface area contributed by atoms with Crippen LogP contribution in [0.2, 0.25) is 0 Å². The van der Waals surface area contributed by atoms with E-state index in [1.165, 1.54) is 0 Å². The van der Waals surface area contributed by atoms with Crippen molar-refractivity contribution in [2.45, 2.75) is 26.7 Å². The quantitative estimate of drug-likeness (QED) is 0.715. The zero-order valence-corrected chi connectivity index (χ0v) is 8.90. The Bertz CT molecular complexity index is 502. The minimum atomic E-state index is 0.602. The highest BCUT2D eigenvalue weighted by atomic mass is 16.1. The molecule has 0 aliphatic rings. The van der Waals surface area contributed by atoms with Crippen molar-refractivity contribution < 1.29 is 4.79 Å². The van der Waals surface area contributed by atoms with Crippen LogP contribution in [0.5, 0.6) is 0 Å². The van der Waals surface area contributed by atoms with Crippen molar-refractivity contribution >= 4 is 11.9 Å². The van der Waals surface area contributed by atoms with Gasteiger partial charge in [0.25, 0.3) is 0 Å². The van der Waals surface area contributed by atoms with Gasteiger partial charge in [-0.05, 0) is 25.0 Å². The summed E-state index contributed by atoms with van der Waals surface area (Å²) in [4.78, 5) is 10.9. The first-order chi connectivity index (χ1) is 7.26. The predicted octanol–water partition coefficient (Wildman–Crippen LogP) is 1.80. The van der Waals surface area contributed by atoms with E-state index in [1.807, 2.05) is 23.6 Å². The lowest BCUT2D eigenvalue weighted by atomic mass is 10.2. The zero-order valence-electron chi connectivity index (χ0n) is 8.90. The summed E-state index contributed by atoms with van der Waals surface area (Å²) in [5.74, 6) is 0.916. The standard InChI is InChI=1S/C11H13N3O/c1-3-4-10-12-13-11-9(7-15)5-8(2)6-14(10)11/h5-7H,3-4H2,1-2H3. The Morgan fingerprint density at radius 1 is 1.47 bits per heavy atom. The van der Waals surface area contributed by atoms with E-state index in [0.29, 0.717) is 11.2 Å². The molecule has 0 aliphatic carbocycles. The van der Waals surface area contributed by atoms with E-state index in [-0.39, 0.29) is 0 Å². The average Bonchev–Trinajstić information content (AvgIpc) is 2.61. The summed E-state index contributed by atoms with van der Waals surface area (Å²) in [5.41, 5.74) is 2.30. The van der Waals surface area contributed by atoms with Crippen LogP contribution in [0.15, 0.2) is 12.3 Å². The van der Waals surface area contributed by atoms with Crippen molar-refractivity contribution in [1.29, 1.82) is 0 Å². The number of carbonyl (C=O) groups is 1. The molecule has 0 aliphatic heterocycles. The molecule has 4 nitrogen and oxygen atoms in total. The lowest BCUT2D eigenvalue weighted by Gasteiger charge is -2.01. The molecule has 2 heterocycles. The van der Waals surface area contributed by atoms with Gasteiger partial charge in [-0.15, -0.1) is 10.2 Å². The summed E-state index contributed by atoms with van der Waals surface area (Å²) in [6, 6.07) is 1.83. The highest BCUT2D eigenvalue weighted by Crippen LogP contribution is 2.12. The minimum absolute atomic E-state index is 0.602. The largest absolute Gasteiger partial charge is 0.298 e. The Morgan fingerprint density at radius 2 is 2.27 bits per heavy atom. The first kappa shape index (κ1) is 9.83. The van der Waals surface area contributed by atoms with Crippen molar-refractivity contribution in [2.75, 3.05) is 0 Å². The van der Waals surface area contributed by atoms with Crippen LogP contribution < -0.4 is 0 Å². The molecule has 0 fully saturated rings. The number of hydrogen-bond acceptors (Lipinski definition) is 3. The molecule has 0 atom stereocenters. The van der Waals surface area contributed by atoms with Gasteiger partial charge in [-0.1, -0.05) is 6.92 Å². The van der Waals surface area contributed by atoms with E-state index in [4.69, 9.17) is 0 Å². The molecule has 0 N–H and O–H groups in total. The van der Waals surface area contributed by atoms with Crippen LogP contribution in [0, 0.1) is 6.92 Å². The Kier molecular flexibility index (Phi) is 2.49. The van der Waals surface area contributed by atoms with E-state index in [0.717, 1.165) is 30.5 Å². The smallest absolute Gasteiger partial charge is 0.171 e. The second kappa shape index (κ2) is 3.81. The Balaban J connectivity index is 2.69. The SMILES string of the molecule is CCCc1nnc2c(C=O)cc(C)cn12. The van der Waals surface area contributed by atoms with E-state index >= 15 is 0 Å². The number of aldehydes is 1. The van der Waals surface area contributed by atoms with Gasteiger partial charge in [-0.3, -0.25) is 9.20 Å². The summed E-state index contributed by atoms with van der Waals surface area (Å²) < 4.78 is 1.91. The molecule has 0 saturated carbocycles. The number of fused-ring (bicyclic) bond motifs is 1. The molecule has 0 radical (unpaired) electrons. The van der Waals surface area contributed by atoms with Crippen LogP contribution in [0.3, 0.4) is 0 Å². The number of hydrogen-bond donors (Lipinski definition) is 0. The van der Waals surface area contributed by atoms with Crippen LogP contribution in [0.4, 0.5) is 0 Å². The van der Waals surface area contributed by atoms with E-state index in [9.17, 15) is 4.79 Å². The molecule has 0 spiro atoms. The van der Waals surface area contributed by atoms with Gasteiger partial charge in [-0.2, -0.15) is 0 Å². The van der Waals surface area contributed by atoms with Crippen molar-refractivity contribution in [3.63, 3.8) is 0 Å². The lowest BCUT2D eigenvalue weighted by molar-refractivity contribution is 0.112. The van der Waals surface area contributed by atoms with Gasteiger partial charge in [0.1, 0.15) is 5.82 Å². The van der Waals surface area contributed by atoms with Crippen molar-refractivity contribution in [2.24, 2.45) is 0 Å². The third-order valence-electron chi connectivity index (χ3n) is 2.34. The maximum atomic E-state index is 10.9. The third-order valence-corrected chi connectivity index (χ3v) is 2.34. The lowest BCUT2D eigenvalue weighted by Crippen LogP contribution is -1.97. The van der Waals surface area contributed by atoms with Gasteiger partial charge in [0, 0.05) is 12.6 Å². The number of rotatable bonds is 3. The van der Waals surface area contributed by atoms with E-state index in [2.05, 4.69) is 17.1 Å². The topological polar surface area (TPSA) is 47.3 Å². The van der Waals surface area contributed by atoms with Gasteiger partial charge in [0.05, 0.1) is 5.56 Å². The molecule has 4 heteroatoms. The molecular formula is C11H13N3O. The van der Waals surface area contributed by atoms with Gasteiger partial charge < -0.3 is 0 Å². The number of pyridine rings is 1. The predicted molar refractivity (Wildman–Crippen MR) is 57.1 cm³/mol. The normalized spacial score (nSPS) is 10.8. The number of aryl methyl sites for hydroxylation is 2. The molecule has 0 bridgehead atoms. The van der Waals surface area contributed by atoms with Crippen LogP contribution in [-0.4, -0.2) is 20.9 Å². The van der Waals surface area contributed by atoms with Crippen LogP contribution in [-0.2, 0) is 6.42 Å². The fourth-order valence-electron chi connectivity index (χ4n) is 1.69. The van der Waals surface area contributed by atoms with Crippen molar-refractivity contribution in [3.05, 3.63) is 29.2 Å². The summed E-state index contributed by atoms with van der Waals surface area (Å²) in [6.07, 6.45) is 4.69. The molecule has 2 aromatic rings. The summed E-state index contributed by atoms with van der Waals surface area (Å²) in [6.45, 7) is 4.06. The minimum Gasteiger partial charge on any atom is -0.298 e. The monoisotopic (exact) mass is 203 g/mol. The molecule has 78 valence electrons. The second-order valence-corrected chi connectivity index (χ2v) is 3.65. The van der Waals surface area contributed by atoms with Crippen LogP contribution >= 0.6 is 0 Å². The summed E-state index contributed by atoms with van der Waals surface area (Å²) in [7, 11) is 0. The Labute approximate surface area is 87.9 Å². The highest BCUT2D eigenvalue weighted by Gasteiger charge is 2.08. The average molecular weight is 203 g/mol. The molecular weight excluding hydrogens is 190 g/mol. The number of carbonyl (C=O) groups excluding carboxylic acids is 1. The van der Waals surface area contributed by atoms with Crippen molar-refractivity contribution in [3.8, 4) is 0 Å². The third kappa shape index (κ3) is 1.63. The molecule has 0 saturated heterocycles. The molecule has 0 aromatic carbocycles. The Morgan fingerprint density at radius 3 is 2.93 bits per heavy atom. The van der Waals surface area contributed by atoms with E-state index < -0.39 is 0 Å². The van der Waals surface area contributed by atoms with Crippen molar-refractivity contribution in [1.82, 2.24) is 14.6 Å². The summed E-state index contributed by atoms with van der Waals surface area (Å²) >= 11 is 0. The zero-order chi connectivity index (χ0) is 10.8. The fourth-order valence-corrected chi connectivity index (χ4v) is 1.69. The Hall–Kier alpha value is -1.71. The molecule has 2 rings (SSSR count). The molecule has 0 amide bonds. The van der Waals surface area contributed by atoms with Gasteiger partial charge in [-0.25, -0.2) is 0 Å². The molecule has 0 unspecified atom stereocenters. The van der Waals surface area contributed by atoms with Gasteiger partial charge >= 0.3 is 0 Å². The van der Waals surface area contributed by atoms with E-state index in [1.54, 1.807) is 0 Å². The van der Waals surface area contributed by atoms with Gasteiger partial charge in [0.2, 0.25) is 0 Å². The molecule has 2 aromatic heterocycles. The number of nitrogens with zero attached hydrogens (tertiary/aromatic N) is 3. The van der Waals surface area contributed by atoms with Crippen LogP contribution in [0.1, 0.15) is 35.1 Å².